The summed E-state index contributed by atoms with van der Waals surface area (Å²) in [7, 11) is 0. The molecular weight excluding hydrogens is 202 g/mol. The van der Waals surface area contributed by atoms with Crippen LogP contribution in [0.1, 0.15) is 24.5 Å². The standard InChI is InChI=1S/C13H19NO2/c1-10-3-5-11(6-4-10)13(2)15-9-12(16-13)7-8-14/h3-6,12H,7-9,14H2,1-2H3. The molecule has 0 aliphatic carbocycles. The molecule has 1 aliphatic rings. The predicted octanol–water partition coefficient (Wildman–Crippen LogP) is 1.93. The average Bonchev–Trinajstić information content (AvgIpc) is 2.63. The highest BCUT2D eigenvalue weighted by Gasteiger charge is 2.38. The lowest BCUT2D eigenvalue weighted by Gasteiger charge is -2.23. The van der Waals surface area contributed by atoms with E-state index in [0.29, 0.717) is 13.2 Å². The van der Waals surface area contributed by atoms with Crippen molar-refractivity contribution in [2.75, 3.05) is 13.2 Å². The predicted molar refractivity (Wildman–Crippen MR) is 63.0 cm³/mol. The van der Waals surface area contributed by atoms with Crippen LogP contribution in [0.25, 0.3) is 0 Å². The van der Waals surface area contributed by atoms with E-state index in [-0.39, 0.29) is 6.10 Å². The van der Waals surface area contributed by atoms with Crippen LogP contribution in [0.2, 0.25) is 0 Å². The first-order valence-corrected chi connectivity index (χ1v) is 5.73. The van der Waals surface area contributed by atoms with E-state index in [9.17, 15) is 0 Å². The zero-order valence-electron chi connectivity index (χ0n) is 9.90. The molecule has 2 atom stereocenters. The van der Waals surface area contributed by atoms with Crippen molar-refractivity contribution in [3.05, 3.63) is 35.4 Å². The van der Waals surface area contributed by atoms with Crippen molar-refractivity contribution >= 4 is 0 Å². The van der Waals surface area contributed by atoms with Crippen molar-refractivity contribution in [3.63, 3.8) is 0 Å². The second-order valence-corrected chi connectivity index (χ2v) is 4.44. The summed E-state index contributed by atoms with van der Waals surface area (Å²) in [6.07, 6.45) is 0.970. The minimum Gasteiger partial charge on any atom is -0.343 e. The molecule has 1 aromatic carbocycles. The fourth-order valence-electron chi connectivity index (χ4n) is 1.97. The van der Waals surface area contributed by atoms with Gasteiger partial charge in [0.15, 0.2) is 5.79 Å². The Bertz CT molecular complexity index is 349. The van der Waals surface area contributed by atoms with E-state index in [1.54, 1.807) is 0 Å². The number of rotatable bonds is 3. The molecule has 1 saturated heterocycles. The molecular formula is C13H19NO2. The van der Waals surface area contributed by atoms with Gasteiger partial charge in [0.05, 0.1) is 12.7 Å². The molecule has 3 nitrogen and oxygen atoms in total. The zero-order valence-corrected chi connectivity index (χ0v) is 9.90. The largest absolute Gasteiger partial charge is 0.343 e. The Labute approximate surface area is 96.5 Å². The third-order valence-electron chi connectivity index (χ3n) is 3.00. The van der Waals surface area contributed by atoms with Gasteiger partial charge in [0.2, 0.25) is 0 Å². The summed E-state index contributed by atoms with van der Waals surface area (Å²) >= 11 is 0. The Morgan fingerprint density at radius 1 is 1.38 bits per heavy atom. The second-order valence-electron chi connectivity index (χ2n) is 4.44. The van der Waals surface area contributed by atoms with Crippen molar-refractivity contribution < 1.29 is 9.47 Å². The topological polar surface area (TPSA) is 44.5 Å². The van der Waals surface area contributed by atoms with Gasteiger partial charge < -0.3 is 15.2 Å². The smallest absolute Gasteiger partial charge is 0.192 e. The van der Waals surface area contributed by atoms with Gasteiger partial charge in [-0.15, -0.1) is 0 Å². The van der Waals surface area contributed by atoms with E-state index in [1.165, 1.54) is 5.56 Å². The summed E-state index contributed by atoms with van der Waals surface area (Å²) in [5.74, 6) is -0.604. The molecule has 1 aromatic rings. The number of benzene rings is 1. The van der Waals surface area contributed by atoms with E-state index in [2.05, 4.69) is 31.2 Å². The number of hydrogen-bond donors (Lipinski definition) is 1. The molecule has 0 radical (unpaired) electrons. The van der Waals surface area contributed by atoms with Gasteiger partial charge in [-0.05, 0) is 26.8 Å². The van der Waals surface area contributed by atoms with Crippen LogP contribution in [0.5, 0.6) is 0 Å². The molecule has 88 valence electrons. The van der Waals surface area contributed by atoms with Crippen molar-refractivity contribution in [2.24, 2.45) is 5.73 Å². The van der Waals surface area contributed by atoms with E-state index in [0.717, 1.165) is 12.0 Å². The third-order valence-corrected chi connectivity index (χ3v) is 3.00. The Kier molecular flexibility index (Phi) is 3.28. The monoisotopic (exact) mass is 221 g/mol. The quantitative estimate of drug-likeness (QED) is 0.848. The Morgan fingerprint density at radius 3 is 2.69 bits per heavy atom. The molecule has 2 N–H and O–H groups in total. The SMILES string of the molecule is Cc1ccc(C2(C)OCC(CCN)O2)cc1. The van der Waals surface area contributed by atoms with Gasteiger partial charge in [0.25, 0.3) is 0 Å². The number of ether oxygens (including phenoxy) is 2. The molecule has 0 spiro atoms. The highest BCUT2D eigenvalue weighted by Crippen LogP contribution is 2.34. The first kappa shape index (κ1) is 11.6. The van der Waals surface area contributed by atoms with Crippen LogP contribution < -0.4 is 5.73 Å². The Balaban J connectivity index is 2.12. The van der Waals surface area contributed by atoms with Crippen LogP contribution in [-0.4, -0.2) is 19.3 Å². The minimum atomic E-state index is -0.604. The lowest BCUT2D eigenvalue weighted by Crippen LogP contribution is -2.24. The molecule has 3 heteroatoms. The lowest BCUT2D eigenvalue weighted by molar-refractivity contribution is -0.162. The molecule has 1 aliphatic heterocycles. The second kappa shape index (κ2) is 4.53. The molecule has 16 heavy (non-hydrogen) atoms. The first-order chi connectivity index (χ1) is 7.64. The molecule has 0 aromatic heterocycles. The zero-order chi connectivity index (χ0) is 11.6. The number of hydrogen-bond acceptors (Lipinski definition) is 3. The maximum absolute atomic E-state index is 5.91. The van der Waals surface area contributed by atoms with Crippen molar-refractivity contribution in [1.29, 1.82) is 0 Å². The summed E-state index contributed by atoms with van der Waals surface area (Å²) in [6, 6.07) is 8.26. The molecule has 1 heterocycles. The summed E-state index contributed by atoms with van der Waals surface area (Å²) in [4.78, 5) is 0. The number of aryl methyl sites for hydroxylation is 1. The first-order valence-electron chi connectivity index (χ1n) is 5.73. The molecule has 1 fully saturated rings. The van der Waals surface area contributed by atoms with E-state index in [4.69, 9.17) is 15.2 Å². The van der Waals surface area contributed by atoms with Crippen LogP contribution in [0.4, 0.5) is 0 Å². The molecule has 2 rings (SSSR count). The van der Waals surface area contributed by atoms with Crippen LogP contribution >= 0.6 is 0 Å². The fraction of sp³-hybridized carbons (Fsp3) is 0.538. The Morgan fingerprint density at radius 2 is 2.06 bits per heavy atom. The van der Waals surface area contributed by atoms with Crippen molar-refractivity contribution in [2.45, 2.75) is 32.2 Å². The highest BCUT2D eigenvalue weighted by atomic mass is 16.7. The van der Waals surface area contributed by atoms with Crippen LogP contribution in [0, 0.1) is 6.92 Å². The third kappa shape index (κ3) is 2.26. The van der Waals surface area contributed by atoms with Crippen LogP contribution in [0.15, 0.2) is 24.3 Å². The van der Waals surface area contributed by atoms with Crippen molar-refractivity contribution in [3.8, 4) is 0 Å². The summed E-state index contributed by atoms with van der Waals surface area (Å²) in [5, 5.41) is 0. The van der Waals surface area contributed by atoms with Gasteiger partial charge in [-0.2, -0.15) is 0 Å². The van der Waals surface area contributed by atoms with Gasteiger partial charge in [0.1, 0.15) is 0 Å². The maximum atomic E-state index is 5.91. The maximum Gasteiger partial charge on any atom is 0.192 e. The lowest BCUT2D eigenvalue weighted by atomic mass is 10.1. The van der Waals surface area contributed by atoms with Gasteiger partial charge in [-0.1, -0.05) is 29.8 Å². The summed E-state index contributed by atoms with van der Waals surface area (Å²) in [5.41, 5.74) is 7.83. The van der Waals surface area contributed by atoms with E-state index < -0.39 is 5.79 Å². The highest BCUT2D eigenvalue weighted by molar-refractivity contribution is 5.25. The average molecular weight is 221 g/mol. The minimum absolute atomic E-state index is 0.122. The molecule has 0 bridgehead atoms. The van der Waals surface area contributed by atoms with E-state index >= 15 is 0 Å². The van der Waals surface area contributed by atoms with Crippen molar-refractivity contribution in [1.82, 2.24) is 0 Å². The normalized spacial score (nSPS) is 29.6. The fourth-order valence-corrected chi connectivity index (χ4v) is 1.97. The molecule has 0 amide bonds. The summed E-state index contributed by atoms with van der Waals surface area (Å²) < 4.78 is 11.7. The number of nitrogens with two attached hydrogens (primary N) is 1. The molecule has 0 saturated carbocycles. The van der Waals surface area contributed by atoms with Crippen LogP contribution in [0.3, 0.4) is 0 Å². The van der Waals surface area contributed by atoms with Crippen LogP contribution in [-0.2, 0) is 15.3 Å². The van der Waals surface area contributed by atoms with E-state index in [1.807, 2.05) is 6.92 Å². The summed E-state index contributed by atoms with van der Waals surface area (Å²) in [6.45, 7) is 5.30. The molecule has 2 unspecified atom stereocenters. The Hall–Kier alpha value is -0.900. The van der Waals surface area contributed by atoms with Gasteiger partial charge >= 0.3 is 0 Å². The van der Waals surface area contributed by atoms with Gasteiger partial charge in [-0.25, -0.2) is 0 Å². The van der Waals surface area contributed by atoms with Gasteiger partial charge in [0, 0.05) is 5.56 Å². The van der Waals surface area contributed by atoms with Gasteiger partial charge in [-0.3, -0.25) is 0 Å².